The number of aliphatic carboxylic acids is 1. The number of hydrogen-bond donors (Lipinski definition) is 1. The summed E-state index contributed by atoms with van der Waals surface area (Å²) in [6.07, 6.45) is -0.345. The van der Waals surface area contributed by atoms with Crippen molar-refractivity contribution in [2.45, 2.75) is 19.6 Å². The van der Waals surface area contributed by atoms with Gasteiger partial charge in [-0.3, -0.25) is 14.5 Å². The van der Waals surface area contributed by atoms with E-state index in [4.69, 9.17) is 9.84 Å². The summed E-state index contributed by atoms with van der Waals surface area (Å²) >= 11 is 1.10. The molecule has 1 aromatic rings. The smallest absolute Gasteiger partial charge is 0.387 e. The van der Waals surface area contributed by atoms with Crippen molar-refractivity contribution in [3.8, 4) is 5.75 Å². The third-order valence-electron chi connectivity index (χ3n) is 3.58. The number of nitrogens with zero attached hydrogens (tertiary/aromatic N) is 2. The second-order valence-corrected chi connectivity index (χ2v) is 7.02. The van der Waals surface area contributed by atoms with Gasteiger partial charge >= 0.3 is 12.6 Å². The van der Waals surface area contributed by atoms with Crippen LogP contribution in [0, 0.1) is 6.92 Å². The summed E-state index contributed by atoms with van der Waals surface area (Å²) in [5, 5.41) is 8.79. The van der Waals surface area contributed by atoms with Crippen LogP contribution < -0.4 is 4.74 Å². The lowest BCUT2D eigenvalue weighted by Crippen LogP contribution is -2.49. The number of ether oxygens (including phenoxy) is 2. The number of hydrogen-bond acceptors (Lipinski definition) is 6. The SMILES string of the molecule is Cc1cc(OC(F)F)c(C(=O)N2CCOC(CN(C)CC(=O)O)C2)s1. The number of carboxylic acids is 1. The fourth-order valence-corrected chi connectivity index (χ4v) is 3.54. The van der Waals surface area contributed by atoms with E-state index in [9.17, 15) is 18.4 Å². The molecule has 0 radical (unpaired) electrons. The van der Waals surface area contributed by atoms with Gasteiger partial charge in [-0.2, -0.15) is 8.78 Å². The monoisotopic (exact) mass is 378 g/mol. The number of alkyl halides is 2. The van der Waals surface area contributed by atoms with Gasteiger partial charge in [-0.15, -0.1) is 11.3 Å². The number of aryl methyl sites for hydroxylation is 1. The lowest BCUT2D eigenvalue weighted by Gasteiger charge is -2.34. The van der Waals surface area contributed by atoms with Crippen molar-refractivity contribution in [3.63, 3.8) is 0 Å². The zero-order valence-corrected chi connectivity index (χ0v) is 14.7. The summed E-state index contributed by atoms with van der Waals surface area (Å²) in [4.78, 5) is 27.3. The van der Waals surface area contributed by atoms with E-state index >= 15 is 0 Å². The highest BCUT2D eigenvalue weighted by Gasteiger charge is 2.29. The van der Waals surface area contributed by atoms with Gasteiger partial charge in [0.05, 0.1) is 19.3 Å². The number of amides is 1. The van der Waals surface area contributed by atoms with Gasteiger partial charge in [0, 0.05) is 24.5 Å². The predicted octanol–water partition coefficient (Wildman–Crippen LogP) is 1.52. The lowest BCUT2D eigenvalue weighted by atomic mass is 10.2. The summed E-state index contributed by atoms with van der Waals surface area (Å²) in [5.74, 6) is -1.45. The highest BCUT2D eigenvalue weighted by atomic mass is 32.1. The number of morpholine rings is 1. The molecule has 1 fully saturated rings. The number of thiophene rings is 1. The first-order chi connectivity index (χ1) is 11.8. The van der Waals surface area contributed by atoms with Gasteiger partial charge in [-0.1, -0.05) is 0 Å². The number of carbonyl (C=O) groups excluding carboxylic acids is 1. The van der Waals surface area contributed by atoms with Crippen molar-refractivity contribution < 1.29 is 33.0 Å². The van der Waals surface area contributed by atoms with Gasteiger partial charge in [0.25, 0.3) is 5.91 Å². The van der Waals surface area contributed by atoms with Gasteiger partial charge in [-0.05, 0) is 20.0 Å². The first-order valence-corrected chi connectivity index (χ1v) is 8.44. The van der Waals surface area contributed by atoms with E-state index in [-0.39, 0.29) is 35.7 Å². The molecule has 0 bridgehead atoms. The second kappa shape index (κ2) is 8.54. The Morgan fingerprint density at radius 1 is 1.56 bits per heavy atom. The highest BCUT2D eigenvalue weighted by molar-refractivity contribution is 7.14. The van der Waals surface area contributed by atoms with Crippen LogP contribution in [0.25, 0.3) is 0 Å². The molecule has 1 saturated heterocycles. The number of rotatable bonds is 7. The molecule has 1 unspecified atom stereocenters. The number of halogens is 2. The molecule has 0 aliphatic carbocycles. The van der Waals surface area contributed by atoms with Crippen LogP contribution in [-0.2, 0) is 9.53 Å². The molecule has 10 heteroatoms. The standard InChI is InChI=1S/C15H20F2N2O5S/c1-9-5-11(24-15(16)17)13(25-9)14(22)19-3-4-23-10(7-19)6-18(2)8-12(20)21/h5,10,15H,3-4,6-8H2,1-2H3,(H,20,21). The van der Waals surface area contributed by atoms with E-state index in [0.29, 0.717) is 24.6 Å². The zero-order chi connectivity index (χ0) is 18.6. The molecule has 2 rings (SSSR count). The van der Waals surface area contributed by atoms with Gasteiger partial charge in [-0.25, -0.2) is 0 Å². The van der Waals surface area contributed by atoms with E-state index in [1.54, 1.807) is 18.9 Å². The largest absolute Gasteiger partial charge is 0.480 e. The summed E-state index contributed by atoms with van der Waals surface area (Å²) in [5.41, 5.74) is 0. The Morgan fingerprint density at radius 3 is 2.92 bits per heavy atom. The molecular formula is C15H20F2N2O5S. The Kier molecular flexibility index (Phi) is 6.68. The van der Waals surface area contributed by atoms with E-state index in [0.717, 1.165) is 11.3 Å². The summed E-state index contributed by atoms with van der Waals surface area (Å²) in [7, 11) is 1.65. The zero-order valence-electron chi connectivity index (χ0n) is 13.9. The molecule has 1 N–H and O–H groups in total. The Morgan fingerprint density at radius 2 is 2.28 bits per heavy atom. The van der Waals surface area contributed by atoms with Crippen LogP contribution in [-0.4, -0.2) is 79.3 Å². The third-order valence-corrected chi connectivity index (χ3v) is 4.60. The molecule has 0 aromatic carbocycles. The second-order valence-electron chi connectivity index (χ2n) is 5.76. The number of carbonyl (C=O) groups is 2. The first kappa shape index (κ1) is 19.5. The van der Waals surface area contributed by atoms with Crippen LogP contribution in [0.2, 0.25) is 0 Å². The van der Waals surface area contributed by atoms with Gasteiger partial charge in [0.1, 0.15) is 10.6 Å². The molecule has 1 aliphatic heterocycles. The highest BCUT2D eigenvalue weighted by Crippen LogP contribution is 2.31. The van der Waals surface area contributed by atoms with Crippen LogP contribution in [0.1, 0.15) is 14.5 Å². The Balaban J connectivity index is 2.03. The maximum atomic E-state index is 12.7. The molecule has 7 nitrogen and oxygen atoms in total. The first-order valence-electron chi connectivity index (χ1n) is 7.62. The van der Waals surface area contributed by atoms with E-state index < -0.39 is 12.6 Å². The molecule has 1 amide bonds. The molecule has 140 valence electrons. The molecule has 2 heterocycles. The van der Waals surface area contributed by atoms with Crippen LogP contribution >= 0.6 is 11.3 Å². The van der Waals surface area contributed by atoms with Crippen LogP contribution in [0.15, 0.2) is 6.07 Å². The van der Waals surface area contributed by atoms with Crippen LogP contribution in [0.4, 0.5) is 8.78 Å². The van der Waals surface area contributed by atoms with Crippen LogP contribution in [0.3, 0.4) is 0 Å². The van der Waals surface area contributed by atoms with Crippen molar-refractivity contribution in [2.24, 2.45) is 0 Å². The summed E-state index contributed by atoms with van der Waals surface area (Å²) < 4.78 is 35.0. The molecule has 1 aromatic heterocycles. The van der Waals surface area contributed by atoms with Crippen molar-refractivity contribution in [1.82, 2.24) is 9.80 Å². The van der Waals surface area contributed by atoms with Gasteiger partial charge < -0.3 is 19.5 Å². The van der Waals surface area contributed by atoms with Crippen molar-refractivity contribution >= 4 is 23.2 Å². The molecule has 1 aliphatic rings. The summed E-state index contributed by atoms with van der Waals surface area (Å²) in [6.45, 7) is -0.181. The minimum absolute atomic E-state index is 0.117. The minimum Gasteiger partial charge on any atom is -0.480 e. The Hall–Kier alpha value is -1.78. The van der Waals surface area contributed by atoms with E-state index in [1.807, 2.05) is 0 Å². The lowest BCUT2D eigenvalue weighted by molar-refractivity contribution is -0.138. The minimum atomic E-state index is -3.00. The molecule has 1 atom stereocenters. The number of carboxylic acid groups (broad SMARTS) is 1. The van der Waals surface area contributed by atoms with E-state index in [1.165, 1.54) is 11.0 Å². The maximum Gasteiger partial charge on any atom is 0.387 e. The molecule has 0 saturated carbocycles. The molecule has 25 heavy (non-hydrogen) atoms. The fourth-order valence-electron chi connectivity index (χ4n) is 2.62. The topological polar surface area (TPSA) is 79.3 Å². The molecular weight excluding hydrogens is 358 g/mol. The quantitative estimate of drug-likeness (QED) is 0.775. The Bertz CT molecular complexity index is 625. The number of likely N-dealkylation sites (N-methyl/N-ethyl adjacent to an activating group) is 1. The van der Waals surface area contributed by atoms with Crippen molar-refractivity contribution in [1.29, 1.82) is 0 Å². The van der Waals surface area contributed by atoms with Gasteiger partial charge in [0.2, 0.25) is 0 Å². The average Bonchev–Trinajstić information content (AvgIpc) is 2.85. The van der Waals surface area contributed by atoms with Crippen molar-refractivity contribution in [3.05, 3.63) is 15.8 Å². The average molecular weight is 378 g/mol. The Labute approximate surface area is 147 Å². The third kappa shape index (κ3) is 5.62. The summed E-state index contributed by atoms with van der Waals surface area (Å²) in [6, 6.07) is 1.42. The normalized spacial score (nSPS) is 18.0. The molecule has 0 spiro atoms. The maximum absolute atomic E-state index is 12.7. The van der Waals surface area contributed by atoms with E-state index in [2.05, 4.69) is 4.74 Å². The fraction of sp³-hybridized carbons (Fsp3) is 0.600. The predicted molar refractivity (Wildman–Crippen MR) is 86.5 cm³/mol. The van der Waals surface area contributed by atoms with Crippen molar-refractivity contribution in [2.75, 3.05) is 39.8 Å². The van der Waals surface area contributed by atoms with Crippen LogP contribution in [0.5, 0.6) is 5.75 Å². The van der Waals surface area contributed by atoms with Gasteiger partial charge in [0.15, 0.2) is 0 Å².